The van der Waals surface area contributed by atoms with Crippen molar-refractivity contribution < 1.29 is 8.42 Å². The Bertz CT molecular complexity index is 489. The molecule has 1 fully saturated rings. The molecule has 0 radical (unpaired) electrons. The maximum Gasteiger partial charge on any atom is 0.243 e. The lowest BCUT2D eigenvalue weighted by Crippen LogP contribution is -2.26. The van der Waals surface area contributed by atoms with Crippen LogP contribution in [0.3, 0.4) is 0 Å². The topological polar surface area (TPSA) is 59.1 Å². The van der Waals surface area contributed by atoms with Crippen LogP contribution in [0.2, 0.25) is 5.15 Å². The molecule has 1 aromatic rings. The lowest BCUT2D eigenvalue weighted by molar-refractivity contribution is 0.574. The minimum Gasteiger partial charge on any atom is -0.243 e. The number of pyridine rings is 1. The molecule has 1 saturated carbocycles. The van der Waals surface area contributed by atoms with Gasteiger partial charge in [0.25, 0.3) is 0 Å². The van der Waals surface area contributed by atoms with E-state index in [2.05, 4.69) is 16.6 Å². The summed E-state index contributed by atoms with van der Waals surface area (Å²) in [4.78, 5) is 3.80. The van der Waals surface area contributed by atoms with Crippen LogP contribution < -0.4 is 4.72 Å². The van der Waals surface area contributed by atoms with Gasteiger partial charge in [0.15, 0.2) is 0 Å². The fourth-order valence-electron chi connectivity index (χ4n) is 1.55. The van der Waals surface area contributed by atoms with E-state index in [1.165, 1.54) is 12.3 Å². The highest BCUT2D eigenvalue weighted by atomic mass is 35.5. The Labute approximate surface area is 100 Å². The third-order valence-electron chi connectivity index (χ3n) is 2.83. The van der Waals surface area contributed by atoms with Gasteiger partial charge in [0.05, 0.1) is 0 Å². The van der Waals surface area contributed by atoms with Crippen molar-refractivity contribution in [2.24, 2.45) is 11.8 Å². The van der Waals surface area contributed by atoms with Gasteiger partial charge in [-0.1, -0.05) is 18.5 Å². The highest BCUT2D eigenvalue weighted by molar-refractivity contribution is 7.89. The predicted octanol–water partition coefficient (Wildman–Crippen LogP) is 1.67. The average molecular weight is 261 g/mol. The van der Waals surface area contributed by atoms with E-state index in [1.807, 2.05) is 0 Å². The van der Waals surface area contributed by atoms with E-state index in [4.69, 9.17) is 11.6 Å². The fraction of sp³-hybridized carbons (Fsp3) is 0.500. The molecule has 88 valence electrons. The van der Waals surface area contributed by atoms with Gasteiger partial charge >= 0.3 is 0 Å². The predicted molar refractivity (Wildman–Crippen MR) is 61.7 cm³/mol. The molecule has 1 heterocycles. The summed E-state index contributed by atoms with van der Waals surface area (Å²) in [5.74, 6) is 1.08. The van der Waals surface area contributed by atoms with E-state index >= 15 is 0 Å². The van der Waals surface area contributed by atoms with Crippen LogP contribution in [0.5, 0.6) is 0 Å². The van der Waals surface area contributed by atoms with Crippen LogP contribution in [0.1, 0.15) is 13.3 Å². The van der Waals surface area contributed by atoms with Gasteiger partial charge in [0.2, 0.25) is 10.0 Å². The van der Waals surface area contributed by atoms with Crippen LogP contribution in [0.25, 0.3) is 0 Å². The van der Waals surface area contributed by atoms with Gasteiger partial charge in [-0.2, -0.15) is 0 Å². The first kappa shape index (κ1) is 11.8. The van der Waals surface area contributed by atoms with Crippen molar-refractivity contribution in [1.29, 1.82) is 0 Å². The second-order valence-electron chi connectivity index (χ2n) is 4.12. The molecule has 2 rings (SSSR count). The Balaban J connectivity index is 2.10. The third kappa shape index (κ3) is 2.53. The summed E-state index contributed by atoms with van der Waals surface area (Å²) >= 11 is 5.74. The van der Waals surface area contributed by atoms with Gasteiger partial charge in [0, 0.05) is 12.7 Å². The van der Waals surface area contributed by atoms with Gasteiger partial charge < -0.3 is 0 Å². The molecule has 1 aliphatic carbocycles. The molecule has 0 saturated heterocycles. The maximum absolute atomic E-state index is 11.9. The number of halogens is 1. The number of hydrogen-bond donors (Lipinski definition) is 1. The molecule has 1 aliphatic rings. The van der Waals surface area contributed by atoms with Crippen molar-refractivity contribution in [2.45, 2.75) is 18.2 Å². The molecule has 0 spiro atoms. The van der Waals surface area contributed by atoms with Crippen molar-refractivity contribution in [3.05, 3.63) is 23.5 Å². The Morgan fingerprint density at radius 2 is 2.31 bits per heavy atom. The normalized spacial score (nSPS) is 24.4. The van der Waals surface area contributed by atoms with E-state index in [1.54, 1.807) is 6.07 Å². The van der Waals surface area contributed by atoms with Crippen LogP contribution >= 0.6 is 11.6 Å². The summed E-state index contributed by atoms with van der Waals surface area (Å²) in [6.45, 7) is 2.59. The first-order valence-electron chi connectivity index (χ1n) is 5.11. The fourth-order valence-corrected chi connectivity index (χ4v) is 3.09. The molecule has 1 aromatic heterocycles. The van der Waals surface area contributed by atoms with Crippen LogP contribution in [0.4, 0.5) is 0 Å². The van der Waals surface area contributed by atoms with E-state index in [-0.39, 0.29) is 10.0 Å². The Morgan fingerprint density at radius 1 is 1.62 bits per heavy atom. The van der Waals surface area contributed by atoms with E-state index < -0.39 is 10.0 Å². The quantitative estimate of drug-likeness (QED) is 0.838. The van der Waals surface area contributed by atoms with Crippen LogP contribution in [-0.2, 0) is 10.0 Å². The largest absolute Gasteiger partial charge is 0.243 e. The van der Waals surface area contributed by atoms with Crippen molar-refractivity contribution >= 4 is 21.6 Å². The molecule has 0 aromatic carbocycles. The Morgan fingerprint density at radius 3 is 2.88 bits per heavy atom. The molecule has 0 bridgehead atoms. The maximum atomic E-state index is 11.9. The zero-order valence-corrected chi connectivity index (χ0v) is 10.4. The summed E-state index contributed by atoms with van der Waals surface area (Å²) in [5.41, 5.74) is 0. The van der Waals surface area contributed by atoms with E-state index in [0.29, 0.717) is 18.4 Å². The number of sulfonamides is 1. The smallest absolute Gasteiger partial charge is 0.243 e. The number of rotatable bonds is 4. The zero-order chi connectivity index (χ0) is 11.8. The van der Waals surface area contributed by atoms with Crippen LogP contribution in [-0.4, -0.2) is 19.9 Å². The summed E-state index contributed by atoms with van der Waals surface area (Å²) in [6, 6.07) is 3.01. The lowest BCUT2D eigenvalue weighted by atomic mass is 10.3. The second-order valence-corrected chi connectivity index (χ2v) is 6.21. The first-order valence-corrected chi connectivity index (χ1v) is 6.97. The molecular formula is C10H13ClN2O2S. The van der Waals surface area contributed by atoms with Crippen molar-refractivity contribution in [3.63, 3.8) is 0 Å². The molecule has 4 nitrogen and oxygen atoms in total. The molecule has 16 heavy (non-hydrogen) atoms. The molecule has 1 N–H and O–H groups in total. The monoisotopic (exact) mass is 260 g/mol. The molecule has 0 amide bonds. The van der Waals surface area contributed by atoms with Gasteiger partial charge in [-0.05, 0) is 30.4 Å². The van der Waals surface area contributed by atoms with Crippen molar-refractivity contribution in [1.82, 2.24) is 9.71 Å². The highest BCUT2D eigenvalue weighted by Gasteiger charge is 2.33. The van der Waals surface area contributed by atoms with Crippen LogP contribution in [0, 0.1) is 11.8 Å². The van der Waals surface area contributed by atoms with Gasteiger partial charge in [-0.15, -0.1) is 0 Å². The van der Waals surface area contributed by atoms with E-state index in [0.717, 1.165) is 6.42 Å². The number of hydrogen-bond acceptors (Lipinski definition) is 3. The Kier molecular flexibility index (Phi) is 3.19. The minimum atomic E-state index is -3.51. The molecule has 0 aliphatic heterocycles. The van der Waals surface area contributed by atoms with E-state index in [9.17, 15) is 8.42 Å². The summed E-state index contributed by atoms with van der Waals surface area (Å²) < 4.78 is 26.3. The average Bonchev–Trinajstić information content (AvgIpc) is 2.92. The molecule has 6 heteroatoms. The van der Waals surface area contributed by atoms with Gasteiger partial charge in [0.1, 0.15) is 10.0 Å². The number of nitrogens with zero attached hydrogens (tertiary/aromatic N) is 1. The van der Waals surface area contributed by atoms with Gasteiger partial charge in [-0.25, -0.2) is 18.1 Å². The highest BCUT2D eigenvalue weighted by Crippen LogP contribution is 2.37. The van der Waals surface area contributed by atoms with Crippen LogP contribution in [0.15, 0.2) is 23.2 Å². The summed E-state index contributed by atoms with van der Waals surface area (Å²) in [5, 5.41) is 0.0128. The SMILES string of the molecule is CC1CC1CNS(=O)(=O)c1cccnc1Cl. The zero-order valence-electron chi connectivity index (χ0n) is 8.85. The number of aromatic nitrogens is 1. The Hall–Kier alpha value is -0.650. The number of nitrogens with one attached hydrogen (secondary N) is 1. The molecular weight excluding hydrogens is 248 g/mol. The first-order chi connectivity index (χ1) is 7.50. The third-order valence-corrected chi connectivity index (χ3v) is 4.69. The van der Waals surface area contributed by atoms with Crippen molar-refractivity contribution in [3.8, 4) is 0 Å². The van der Waals surface area contributed by atoms with Crippen molar-refractivity contribution in [2.75, 3.05) is 6.54 Å². The second kappa shape index (κ2) is 4.31. The molecule has 2 unspecified atom stereocenters. The summed E-state index contributed by atoms with van der Waals surface area (Å²) in [6.07, 6.45) is 2.55. The lowest BCUT2D eigenvalue weighted by Gasteiger charge is -2.06. The van der Waals surface area contributed by atoms with Gasteiger partial charge in [-0.3, -0.25) is 0 Å². The molecule has 2 atom stereocenters. The standard InChI is InChI=1S/C10H13ClN2O2S/c1-7-5-8(7)6-13-16(14,15)9-3-2-4-12-10(9)11/h2-4,7-8,13H,5-6H2,1H3. The minimum absolute atomic E-state index is 0.0128. The summed E-state index contributed by atoms with van der Waals surface area (Å²) in [7, 11) is -3.51.